The predicted molar refractivity (Wildman–Crippen MR) is 130 cm³/mol. The van der Waals surface area contributed by atoms with Gasteiger partial charge in [0.15, 0.2) is 0 Å². The second-order valence-electron chi connectivity index (χ2n) is 7.56. The van der Waals surface area contributed by atoms with Gasteiger partial charge in [-0.3, -0.25) is 0 Å². The molecule has 0 fully saturated rings. The molecule has 0 spiro atoms. The summed E-state index contributed by atoms with van der Waals surface area (Å²) in [6, 6.07) is 27.1. The van der Waals surface area contributed by atoms with Crippen LogP contribution >= 0.6 is 8.58 Å². The van der Waals surface area contributed by atoms with Crippen LogP contribution in [0.5, 0.6) is 0 Å². The summed E-state index contributed by atoms with van der Waals surface area (Å²) in [5, 5.41) is 9.77. The first-order valence-electron chi connectivity index (χ1n) is 10.7. The maximum Gasteiger partial charge on any atom is 0.108 e. The number of nitrogens with zero attached hydrogens (tertiary/aromatic N) is 1. The first-order valence-corrected chi connectivity index (χ1v) is 12.0. The zero-order valence-corrected chi connectivity index (χ0v) is 18.7. The predicted octanol–water partition coefficient (Wildman–Crippen LogP) is 7.18. The average Bonchev–Trinajstić information content (AvgIpc) is 2.85. The fourth-order valence-corrected chi connectivity index (χ4v) is 4.78. The standard InChI is InChI=1S/C28H26NOP/c1-2-22-11-6-7-13-26(22)27-17-23(14-15-24(27)18-29)28(25-12-8-16-31-20-25)30-19-21-9-4-3-5-10-21/h3-15,17,20,28,31H,2,16,19H2,1H3. The lowest BCUT2D eigenvalue weighted by molar-refractivity contribution is 0.0664. The summed E-state index contributed by atoms with van der Waals surface area (Å²) in [4.78, 5) is 0. The van der Waals surface area contributed by atoms with Gasteiger partial charge >= 0.3 is 0 Å². The van der Waals surface area contributed by atoms with Gasteiger partial charge in [-0.1, -0.05) is 94.1 Å². The number of benzene rings is 3. The van der Waals surface area contributed by atoms with Crippen LogP contribution in [0.3, 0.4) is 0 Å². The molecule has 31 heavy (non-hydrogen) atoms. The van der Waals surface area contributed by atoms with E-state index in [1.54, 1.807) is 0 Å². The Morgan fingerprint density at radius 1 is 1.00 bits per heavy atom. The minimum Gasteiger partial charge on any atom is -0.364 e. The van der Waals surface area contributed by atoms with E-state index in [-0.39, 0.29) is 6.10 Å². The van der Waals surface area contributed by atoms with E-state index >= 15 is 0 Å². The van der Waals surface area contributed by atoms with Crippen molar-refractivity contribution in [2.24, 2.45) is 0 Å². The zero-order valence-electron chi connectivity index (χ0n) is 17.7. The number of aryl methyl sites for hydroxylation is 1. The number of hydrogen-bond donors (Lipinski definition) is 0. The molecule has 0 aromatic heterocycles. The largest absolute Gasteiger partial charge is 0.364 e. The summed E-state index contributed by atoms with van der Waals surface area (Å²) >= 11 is 0. The Labute approximate surface area is 186 Å². The normalized spacial score (nSPS) is 14.8. The third-order valence-corrected chi connectivity index (χ3v) is 6.54. The van der Waals surface area contributed by atoms with Gasteiger partial charge in [-0.2, -0.15) is 5.26 Å². The van der Waals surface area contributed by atoms with E-state index < -0.39 is 0 Å². The van der Waals surface area contributed by atoms with Crippen LogP contribution in [0, 0.1) is 11.3 Å². The van der Waals surface area contributed by atoms with Gasteiger partial charge in [0.25, 0.3) is 0 Å². The summed E-state index contributed by atoms with van der Waals surface area (Å²) in [5.41, 5.74) is 7.48. The van der Waals surface area contributed by atoms with E-state index in [2.05, 4.69) is 67.4 Å². The fraction of sp³-hybridized carbons (Fsp3) is 0.179. The van der Waals surface area contributed by atoms with Crippen LogP contribution in [0.2, 0.25) is 0 Å². The Bertz CT molecular complexity index is 1140. The number of ether oxygens (including phenoxy) is 1. The van der Waals surface area contributed by atoms with Crippen molar-refractivity contribution in [2.75, 3.05) is 6.16 Å². The van der Waals surface area contributed by atoms with Crippen LogP contribution in [-0.4, -0.2) is 6.16 Å². The molecule has 0 aliphatic carbocycles. The molecule has 2 nitrogen and oxygen atoms in total. The van der Waals surface area contributed by atoms with Crippen molar-refractivity contribution in [3.8, 4) is 17.2 Å². The third kappa shape index (κ3) is 5.02. The Morgan fingerprint density at radius 2 is 1.81 bits per heavy atom. The molecule has 0 bridgehead atoms. The smallest absolute Gasteiger partial charge is 0.108 e. The topological polar surface area (TPSA) is 33.0 Å². The van der Waals surface area contributed by atoms with Gasteiger partial charge in [0, 0.05) is 5.56 Å². The first-order chi connectivity index (χ1) is 15.3. The molecule has 1 heterocycles. The van der Waals surface area contributed by atoms with E-state index in [4.69, 9.17) is 4.74 Å². The van der Waals surface area contributed by atoms with Crippen molar-refractivity contribution in [1.82, 2.24) is 0 Å². The van der Waals surface area contributed by atoms with Crippen molar-refractivity contribution >= 4 is 8.58 Å². The van der Waals surface area contributed by atoms with Gasteiger partial charge in [-0.15, -0.1) is 0 Å². The summed E-state index contributed by atoms with van der Waals surface area (Å²) in [6.07, 6.45) is 6.27. The summed E-state index contributed by atoms with van der Waals surface area (Å²) in [6.45, 7) is 2.69. The lowest BCUT2D eigenvalue weighted by atomic mass is 9.91. The molecule has 2 atom stereocenters. The Hall–Kier alpha value is -2.98. The fourth-order valence-electron chi connectivity index (χ4n) is 3.93. The number of nitriles is 1. The average molecular weight is 423 g/mol. The zero-order chi connectivity index (χ0) is 21.5. The number of hydrogen-bond acceptors (Lipinski definition) is 2. The highest BCUT2D eigenvalue weighted by Gasteiger charge is 2.20. The van der Waals surface area contributed by atoms with Crippen molar-refractivity contribution in [1.29, 1.82) is 5.26 Å². The molecule has 0 saturated heterocycles. The molecule has 0 N–H and O–H groups in total. The quantitative estimate of drug-likeness (QED) is 0.377. The number of rotatable bonds is 7. The van der Waals surface area contributed by atoms with Crippen LogP contribution < -0.4 is 0 Å². The van der Waals surface area contributed by atoms with E-state index in [0.717, 1.165) is 43.4 Å². The van der Waals surface area contributed by atoms with Crippen molar-refractivity contribution < 1.29 is 4.74 Å². The molecule has 1 aliphatic heterocycles. The van der Waals surface area contributed by atoms with Crippen molar-refractivity contribution in [3.05, 3.63) is 119 Å². The van der Waals surface area contributed by atoms with E-state index in [1.807, 2.05) is 36.4 Å². The highest BCUT2D eigenvalue weighted by molar-refractivity contribution is 7.42. The molecule has 0 amide bonds. The molecular weight excluding hydrogens is 397 g/mol. The maximum absolute atomic E-state index is 9.77. The summed E-state index contributed by atoms with van der Waals surface area (Å²) in [7, 11) is 0.775. The monoisotopic (exact) mass is 423 g/mol. The first kappa shape index (κ1) is 21.3. The summed E-state index contributed by atoms with van der Waals surface area (Å²) < 4.78 is 6.48. The molecular formula is C28H26NOP. The second kappa shape index (κ2) is 10.4. The Balaban J connectivity index is 1.75. The minimum atomic E-state index is -0.162. The van der Waals surface area contributed by atoms with Gasteiger partial charge in [-0.05, 0) is 52.5 Å². The van der Waals surface area contributed by atoms with Crippen molar-refractivity contribution in [2.45, 2.75) is 26.1 Å². The SMILES string of the molecule is CCc1ccccc1-c1cc(C(OCc2ccccc2)C2=CPCC=C2)ccc1C#N. The maximum atomic E-state index is 9.77. The van der Waals surface area contributed by atoms with Gasteiger partial charge in [0.1, 0.15) is 6.10 Å². The molecule has 1 aliphatic rings. The van der Waals surface area contributed by atoms with Gasteiger partial charge in [-0.25, -0.2) is 0 Å². The van der Waals surface area contributed by atoms with Crippen LogP contribution in [0.1, 0.15) is 35.3 Å². The van der Waals surface area contributed by atoms with Gasteiger partial charge in [0.2, 0.25) is 0 Å². The second-order valence-corrected chi connectivity index (χ2v) is 8.66. The van der Waals surface area contributed by atoms with E-state index in [1.165, 1.54) is 11.1 Å². The minimum absolute atomic E-state index is 0.162. The Kier molecular flexibility index (Phi) is 7.11. The molecule has 2 unspecified atom stereocenters. The molecule has 0 saturated carbocycles. The highest BCUT2D eigenvalue weighted by atomic mass is 31.1. The van der Waals surface area contributed by atoms with Crippen LogP contribution in [0.4, 0.5) is 0 Å². The van der Waals surface area contributed by atoms with Crippen molar-refractivity contribution in [3.63, 3.8) is 0 Å². The van der Waals surface area contributed by atoms with E-state index in [0.29, 0.717) is 12.2 Å². The van der Waals surface area contributed by atoms with E-state index in [9.17, 15) is 5.26 Å². The summed E-state index contributed by atoms with van der Waals surface area (Å²) in [5.74, 6) is 2.30. The van der Waals surface area contributed by atoms with Gasteiger partial charge < -0.3 is 4.74 Å². The van der Waals surface area contributed by atoms with Crippen LogP contribution in [0.25, 0.3) is 11.1 Å². The lowest BCUT2D eigenvalue weighted by Crippen LogP contribution is -2.08. The van der Waals surface area contributed by atoms with Crippen LogP contribution in [-0.2, 0) is 17.8 Å². The molecule has 3 heteroatoms. The lowest BCUT2D eigenvalue weighted by Gasteiger charge is -2.23. The van der Waals surface area contributed by atoms with Crippen LogP contribution in [0.15, 0.2) is 96.3 Å². The molecule has 0 radical (unpaired) electrons. The number of allylic oxidation sites excluding steroid dienone is 1. The highest BCUT2D eigenvalue weighted by Crippen LogP contribution is 2.37. The Morgan fingerprint density at radius 3 is 2.55 bits per heavy atom. The third-order valence-electron chi connectivity index (χ3n) is 5.53. The molecule has 4 rings (SSSR count). The molecule has 3 aromatic carbocycles. The molecule has 3 aromatic rings. The molecule has 154 valence electrons. The van der Waals surface area contributed by atoms with Gasteiger partial charge in [0.05, 0.1) is 18.2 Å².